The lowest BCUT2D eigenvalue weighted by Crippen LogP contribution is -2.52. The molecule has 1 aliphatic carbocycles. The molecule has 6 heteroatoms. The number of hydrogen-bond acceptors (Lipinski definition) is 4. The molecule has 2 amide bonds. The van der Waals surface area contributed by atoms with E-state index < -0.39 is 5.41 Å². The molecule has 0 aromatic rings. The third kappa shape index (κ3) is 3.14. The van der Waals surface area contributed by atoms with Crippen LogP contribution in [0, 0.1) is 28.6 Å². The van der Waals surface area contributed by atoms with Gasteiger partial charge in [-0.2, -0.15) is 5.26 Å². The van der Waals surface area contributed by atoms with Gasteiger partial charge in [0.2, 0.25) is 11.8 Å². The first-order valence-corrected chi connectivity index (χ1v) is 9.09. The molecule has 0 aromatic carbocycles. The van der Waals surface area contributed by atoms with Crippen molar-refractivity contribution < 1.29 is 14.3 Å². The van der Waals surface area contributed by atoms with Crippen LogP contribution in [-0.4, -0.2) is 48.6 Å². The number of amides is 2. The normalized spacial score (nSPS) is 31.1. The molecule has 2 bridgehead atoms. The number of carbonyl (C=O) groups excluding carboxylic acids is 2. The Morgan fingerprint density at radius 1 is 1.33 bits per heavy atom. The molecule has 2 heterocycles. The van der Waals surface area contributed by atoms with E-state index in [1.54, 1.807) is 4.90 Å². The van der Waals surface area contributed by atoms with Crippen LogP contribution in [0.4, 0.5) is 0 Å². The number of rotatable bonds is 4. The molecule has 6 nitrogen and oxygen atoms in total. The van der Waals surface area contributed by atoms with E-state index in [2.05, 4.69) is 25.2 Å². The fourth-order valence-corrected chi connectivity index (χ4v) is 4.19. The van der Waals surface area contributed by atoms with Crippen molar-refractivity contribution in [1.29, 1.82) is 5.26 Å². The van der Waals surface area contributed by atoms with Crippen LogP contribution in [0.15, 0.2) is 0 Å². The van der Waals surface area contributed by atoms with Gasteiger partial charge in [-0.15, -0.1) is 0 Å². The van der Waals surface area contributed by atoms with Gasteiger partial charge in [0.05, 0.1) is 24.2 Å². The van der Waals surface area contributed by atoms with Gasteiger partial charge in [-0.3, -0.25) is 9.59 Å². The number of nitriles is 1. The predicted octanol–water partition coefficient (Wildman–Crippen LogP) is 1.46. The van der Waals surface area contributed by atoms with E-state index >= 15 is 0 Å². The minimum absolute atomic E-state index is 0.0290. The number of likely N-dealkylation sites (tertiary alicyclic amines) is 1. The molecule has 1 N–H and O–H groups in total. The number of fused-ring (bicyclic) bond motifs is 2. The molecule has 3 fully saturated rings. The van der Waals surface area contributed by atoms with Gasteiger partial charge in [-0.25, -0.2) is 0 Å². The van der Waals surface area contributed by atoms with E-state index in [1.807, 2.05) is 0 Å². The van der Waals surface area contributed by atoms with Crippen molar-refractivity contribution in [3.8, 4) is 6.07 Å². The molecule has 3 aliphatic rings. The molecule has 132 valence electrons. The van der Waals surface area contributed by atoms with Crippen molar-refractivity contribution >= 4 is 11.8 Å². The zero-order chi connectivity index (χ0) is 17.3. The van der Waals surface area contributed by atoms with E-state index in [1.165, 1.54) is 0 Å². The second kappa shape index (κ2) is 6.72. The quantitative estimate of drug-likeness (QED) is 0.844. The summed E-state index contributed by atoms with van der Waals surface area (Å²) >= 11 is 0. The summed E-state index contributed by atoms with van der Waals surface area (Å²) in [7, 11) is 0. The Labute approximate surface area is 143 Å². The van der Waals surface area contributed by atoms with Crippen LogP contribution in [0.25, 0.3) is 0 Å². The summed E-state index contributed by atoms with van der Waals surface area (Å²) in [6, 6.07) is 2.28. The Bertz CT molecular complexity index is 548. The summed E-state index contributed by atoms with van der Waals surface area (Å²) in [6.07, 6.45) is 3.54. The third-order valence-corrected chi connectivity index (χ3v) is 5.55. The topological polar surface area (TPSA) is 82.4 Å². The molecule has 0 radical (unpaired) electrons. The fraction of sp³-hybridized carbons (Fsp3) is 0.833. The maximum atomic E-state index is 12.9. The molecular weight excluding hydrogens is 306 g/mol. The minimum atomic E-state index is -0.841. The van der Waals surface area contributed by atoms with Crippen LogP contribution in [0.1, 0.15) is 46.0 Å². The number of nitrogens with zero attached hydrogens (tertiary/aromatic N) is 2. The van der Waals surface area contributed by atoms with E-state index in [0.29, 0.717) is 44.8 Å². The minimum Gasteiger partial charge on any atom is -0.370 e. The van der Waals surface area contributed by atoms with Crippen LogP contribution in [-0.2, 0) is 14.3 Å². The zero-order valence-corrected chi connectivity index (χ0v) is 14.6. The monoisotopic (exact) mass is 333 g/mol. The van der Waals surface area contributed by atoms with Crippen molar-refractivity contribution in [3.63, 3.8) is 0 Å². The summed E-state index contributed by atoms with van der Waals surface area (Å²) < 4.78 is 5.91. The van der Waals surface area contributed by atoms with Gasteiger partial charge in [0.1, 0.15) is 5.41 Å². The Hall–Kier alpha value is -1.61. The van der Waals surface area contributed by atoms with Crippen molar-refractivity contribution in [2.75, 3.05) is 19.6 Å². The van der Waals surface area contributed by atoms with E-state index in [0.717, 1.165) is 12.8 Å². The van der Waals surface area contributed by atoms with Gasteiger partial charge in [0, 0.05) is 19.6 Å². The maximum Gasteiger partial charge on any atom is 0.243 e. The van der Waals surface area contributed by atoms with Crippen LogP contribution in [0.5, 0.6) is 0 Å². The van der Waals surface area contributed by atoms with Crippen LogP contribution in [0.2, 0.25) is 0 Å². The average Bonchev–Trinajstić information content (AvgIpc) is 3.17. The van der Waals surface area contributed by atoms with E-state index in [9.17, 15) is 14.9 Å². The van der Waals surface area contributed by atoms with Gasteiger partial charge in [0.15, 0.2) is 0 Å². The summed E-state index contributed by atoms with van der Waals surface area (Å²) in [4.78, 5) is 27.1. The standard InChI is InChI=1S/C18H27N3O3/c1-12(2)8-20-16(22)14-7-13-9-21(10-15(14)24-13)17(23)18(11-19)5-3-4-6-18/h12-15H,3-10H2,1-2H3,(H,20,22). The molecule has 3 rings (SSSR count). The number of nitrogens with one attached hydrogen (secondary N) is 1. The summed E-state index contributed by atoms with van der Waals surface area (Å²) in [5.41, 5.74) is -0.841. The van der Waals surface area contributed by atoms with Crippen molar-refractivity contribution in [2.45, 2.75) is 58.2 Å². The van der Waals surface area contributed by atoms with Crippen molar-refractivity contribution in [1.82, 2.24) is 10.2 Å². The Morgan fingerprint density at radius 2 is 2.04 bits per heavy atom. The molecule has 1 saturated carbocycles. The van der Waals surface area contributed by atoms with Gasteiger partial charge in [-0.05, 0) is 25.2 Å². The summed E-state index contributed by atoms with van der Waals surface area (Å²) in [5.74, 6) is 0.199. The number of ether oxygens (including phenoxy) is 1. The first-order valence-electron chi connectivity index (χ1n) is 9.09. The van der Waals surface area contributed by atoms with Gasteiger partial charge in [0.25, 0.3) is 0 Å². The fourth-order valence-electron chi connectivity index (χ4n) is 4.19. The lowest BCUT2D eigenvalue weighted by atomic mass is 9.86. The number of hydrogen-bond donors (Lipinski definition) is 1. The Morgan fingerprint density at radius 3 is 2.67 bits per heavy atom. The molecule has 24 heavy (non-hydrogen) atoms. The van der Waals surface area contributed by atoms with Gasteiger partial charge in [-0.1, -0.05) is 26.7 Å². The maximum absolute atomic E-state index is 12.9. The molecule has 2 saturated heterocycles. The second-order valence-electron chi connectivity index (χ2n) is 7.89. The Balaban J connectivity index is 1.64. The van der Waals surface area contributed by atoms with Gasteiger partial charge >= 0.3 is 0 Å². The molecule has 0 aromatic heterocycles. The van der Waals surface area contributed by atoms with Crippen molar-refractivity contribution in [2.24, 2.45) is 17.3 Å². The van der Waals surface area contributed by atoms with Crippen LogP contribution >= 0.6 is 0 Å². The van der Waals surface area contributed by atoms with Crippen LogP contribution < -0.4 is 5.32 Å². The average molecular weight is 333 g/mol. The lowest BCUT2D eigenvalue weighted by Gasteiger charge is -2.36. The van der Waals surface area contributed by atoms with Crippen molar-refractivity contribution in [3.05, 3.63) is 0 Å². The van der Waals surface area contributed by atoms with Gasteiger partial charge < -0.3 is 15.0 Å². The SMILES string of the molecule is CC(C)CNC(=O)C1CC2CN(C(=O)C3(C#N)CCCC3)CC1O2. The summed E-state index contributed by atoms with van der Waals surface area (Å²) in [6.45, 7) is 5.72. The third-order valence-electron chi connectivity index (χ3n) is 5.55. The predicted molar refractivity (Wildman–Crippen MR) is 87.7 cm³/mol. The lowest BCUT2D eigenvalue weighted by molar-refractivity contribution is -0.149. The van der Waals surface area contributed by atoms with E-state index in [4.69, 9.17) is 4.74 Å². The van der Waals surface area contributed by atoms with E-state index in [-0.39, 0.29) is 29.9 Å². The zero-order valence-electron chi connectivity index (χ0n) is 14.6. The van der Waals surface area contributed by atoms with Crippen LogP contribution in [0.3, 0.4) is 0 Å². The summed E-state index contributed by atoms with van der Waals surface area (Å²) in [5, 5.41) is 12.5. The largest absolute Gasteiger partial charge is 0.370 e. The molecule has 3 unspecified atom stereocenters. The molecule has 2 aliphatic heterocycles. The Kier molecular flexibility index (Phi) is 4.82. The smallest absolute Gasteiger partial charge is 0.243 e. The highest BCUT2D eigenvalue weighted by Crippen LogP contribution is 2.41. The number of morpholine rings is 1. The molecule has 0 spiro atoms. The first-order chi connectivity index (χ1) is 11.4. The molecule has 3 atom stereocenters. The molecular formula is C18H27N3O3. The first kappa shape index (κ1) is 17.2. The second-order valence-corrected chi connectivity index (χ2v) is 7.89. The highest BCUT2D eigenvalue weighted by atomic mass is 16.5. The highest BCUT2D eigenvalue weighted by Gasteiger charge is 2.50. The highest BCUT2D eigenvalue weighted by molar-refractivity contribution is 5.86. The number of carbonyl (C=O) groups is 2.